The number of morpholine rings is 1. The van der Waals surface area contributed by atoms with E-state index < -0.39 is 5.82 Å². The zero-order valence-electron chi connectivity index (χ0n) is 17.4. The fraction of sp³-hybridized carbons (Fsp3) is 0.409. The van der Waals surface area contributed by atoms with Crippen LogP contribution in [-0.4, -0.2) is 64.7 Å². The Labute approximate surface area is 179 Å². The van der Waals surface area contributed by atoms with Gasteiger partial charge in [0, 0.05) is 43.6 Å². The van der Waals surface area contributed by atoms with Gasteiger partial charge in [0.15, 0.2) is 0 Å². The van der Waals surface area contributed by atoms with Gasteiger partial charge in [-0.1, -0.05) is 6.92 Å². The number of fused-ring (bicyclic) bond motifs is 1. The average Bonchev–Trinajstić information content (AvgIpc) is 3.41. The molecule has 1 N–H and O–H groups in total. The van der Waals surface area contributed by atoms with Gasteiger partial charge in [0.05, 0.1) is 25.1 Å². The standard InChI is InChI=1S/C22H25FN6O2/c1-15-4-6-28(14-15)22(30)25-16-2-3-18(23)17(12-16)19-5-7-29-20(13-24-21(29)26-19)27-8-10-31-11-9-27/h2-3,5,7,12-13,15H,4,6,8-11,14H2,1H3,(H,25,30)/t15-/m1/s1. The Balaban J connectivity index is 1.40. The third-order valence-corrected chi connectivity index (χ3v) is 5.90. The number of rotatable bonds is 3. The van der Waals surface area contributed by atoms with Gasteiger partial charge >= 0.3 is 6.03 Å². The van der Waals surface area contributed by atoms with Gasteiger partial charge < -0.3 is 19.9 Å². The van der Waals surface area contributed by atoms with E-state index in [0.717, 1.165) is 38.4 Å². The highest BCUT2D eigenvalue weighted by Gasteiger charge is 2.23. The summed E-state index contributed by atoms with van der Waals surface area (Å²) in [5.74, 6) is 1.55. The number of carbonyl (C=O) groups is 1. The summed E-state index contributed by atoms with van der Waals surface area (Å²) in [6.45, 7) is 6.56. The van der Waals surface area contributed by atoms with Gasteiger partial charge in [0.2, 0.25) is 5.78 Å². The van der Waals surface area contributed by atoms with Gasteiger partial charge in [-0.15, -0.1) is 0 Å². The number of anilines is 2. The summed E-state index contributed by atoms with van der Waals surface area (Å²) < 4.78 is 21.9. The fourth-order valence-electron chi connectivity index (χ4n) is 4.16. The van der Waals surface area contributed by atoms with E-state index in [1.165, 1.54) is 6.07 Å². The zero-order valence-corrected chi connectivity index (χ0v) is 17.4. The minimum atomic E-state index is -0.399. The molecule has 0 saturated carbocycles. The van der Waals surface area contributed by atoms with Crippen molar-refractivity contribution in [3.05, 3.63) is 42.5 Å². The van der Waals surface area contributed by atoms with Crippen LogP contribution in [0, 0.1) is 11.7 Å². The van der Waals surface area contributed by atoms with Gasteiger partial charge in [-0.25, -0.2) is 19.2 Å². The van der Waals surface area contributed by atoms with Crippen LogP contribution in [0.3, 0.4) is 0 Å². The molecule has 2 aromatic heterocycles. The molecular formula is C22H25FN6O2. The number of aromatic nitrogens is 3. The third-order valence-electron chi connectivity index (χ3n) is 5.90. The van der Waals surface area contributed by atoms with Crippen molar-refractivity contribution in [2.45, 2.75) is 13.3 Å². The smallest absolute Gasteiger partial charge is 0.321 e. The number of nitrogens with one attached hydrogen (secondary N) is 1. The first-order valence-corrected chi connectivity index (χ1v) is 10.6. The Morgan fingerprint density at radius 3 is 2.84 bits per heavy atom. The number of hydrogen-bond acceptors (Lipinski definition) is 5. The number of benzene rings is 1. The molecule has 2 aliphatic heterocycles. The quantitative estimate of drug-likeness (QED) is 0.699. The summed E-state index contributed by atoms with van der Waals surface area (Å²) in [7, 11) is 0. The molecule has 0 aliphatic carbocycles. The van der Waals surface area contributed by atoms with Crippen LogP contribution in [-0.2, 0) is 4.74 Å². The number of ether oxygens (including phenoxy) is 1. The molecule has 0 spiro atoms. The number of urea groups is 1. The molecule has 2 saturated heterocycles. The lowest BCUT2D eigenvalue weighted by Gasteiger charge is -2.27. The molecule has 0 bridgehead atoms. The maximum Gasteiger partial charge on any atom is 0.321 e. The first kappa shape index (κ1) is 19.7. The van der Waals surface area contributed by atoms with Crippen molar-refractivity contribution in [1.29, 1.82) is 0 Å². The largest absolute Gasteiger partial charge is 0.378 e. The zero-order chi connectivity index (χ0) is 21.4. The maximum atomic E-state index is 14.6. The minimum Gasteiger partial charge on any atom is -0.378 e. The monoisotopic (exact) mass is 424 g/mol. The molecule has 2 aliphatic rings. The Morgan fingerprint density at radius 1 is 1.23 bits per heavy atom. The number of carbonyl (C=O) groups excluding carboxylic acids is 1. The summed E-state index contributed by atoms with van der Waals surface area (Å²) in [4.78, 5) is 25.5. The molecule has 0 radical (unpaired) electrons. The molecule has 31 heavy (non-hydrogen) atoms. The van der Waals surface area contributed by atoms with Crippen molar-refractivity contribution in [3.63, 3.8) is 0 Å². The summed E-state index contributed by atoms with van der Waals surface area (Å²) >= 11 is 0. The number of halogens is 1. The molecule has 1 atom stereocenters. The number of imidazole rings is 1. The summed E-state index contributed by atoms with van der Waals surface area (Å²) in [6.07, 6.45) is 4.63. The highest BCUT2D eigenvalue weighted by Crippen LogP contribution is 2.27. The van der Waals surface area contributed by atoms with E-state index in [1.54, 1.807) is 29.3 Å². The minimum absolute atomic E-state index is 0.159. The maximum absolute atomic E-state index is 14.6. The van der Waals surface area contributed by atoms with Crippen LogP contribution in [0.15, 0.2) is 36.7 Å². The van der Waals surface area contributed by atoms with Crippen molar-refractivity contribution >= 4 is 23.3 Å². The van der Waals surface area contributed by atoms with E-state index >= 15 is 0 Å². The predicted molar refractivity (Wildman–Crippen MR) is 116 cm³/mol. The van der Waals surface area contributed by atoms with Gasteiger partial charge in [0.1, 0.15) is 11.6 Å². The van der Waals surface area contributed by atoms with Crippen LogP contribution in [0.4, 0.5) is 20.7 Å². The summed E-state index contributed by atoms with van der Waals surface area (Å²) in [5, 5.41) is 2.88. The van der Waals surface area contributed by atoms with Crippen molar-refractivity contribution in [2.24, 2.45) is 5.92 Å². The van der Waals surface area contributed by atoms with E-state index in [1.807, 2.05) is 10.6 Å². The molecule has 8 nitrogen and oxygen atoms in total. The molecule has 1 aromatic carbocycles. The van der Waals surface area contributed by atoms with E-state index in [4.69, 9.17) is 4.74 Å². The van der Waals surface area contributed by atoms with E-state index in [9.17, 15) is 9.18 Å². The second-order valence-corrected chi connectivity index (χ2v) is 8.16. The fourth-order valence-corrected chi connectivity index (χ4v) is 4.16. The Morgan fingerprint density at radius 2 is 2.06 bits per heavy atom. The third kappa shape index (κ3) is 3.93. The van der Waals surface area contributed by atoms with Gasteiger partial charge in [-0.2, -0.15) is 0 Å². The molecular weight excluding hydrogens is 399 g/mol. The summed E-state index contributed by atoms with van der Waals surface area (Å²) in [6, 6.07) is 6.16. The lowest BCUT2D eigenvalue weighted by Crippen LogP contribution is -2.36. The topological polar surface area (TPSA) is 75.0 Å². The Bertz CT molecular complexity index is 1110. The van der Waals surface area contributed by atoms with Crippen LogP contribution >= 0.6 is 0 Å². The van der Waals surface area contributed by atoms with Crippen LogP contribution in [0.2, 0.25) is 0 Å². The van der Waals surface area contributed by atoms with Crippen molar-refractivity contribution in [2.75, 3.05) is 49.6 Å². The number of nitrogens with zero attached hydrogens (tertiary/aromatic N) is 5. The lowest BCUT2D eigenvalue weighted by molar-refractivity contribution is 0.122. The first-order chi connectivity index (χ1) is 15.1. The van der Waals surface area contributed by atoms with Gasteiger partial charge in [-0.3, -0.25) is 4.40 Å². The Hall–Kier alpha value is -3.20. The number of amides is 2. The molecule has 4 heterocycles. The van der Waals surface area contributed by atoms with Gasteiger partial charge in [0.25, 0.3) is 0 Å². The molecule has 0 unspecified atom stereocenters. The summed E-state index contributed by atoms with van der Waals surface area (Å²) in [5.41, 5.74) is 1.33. The molecule has 3 aromatic rings. The first-order valence-electron chi connectivity index (χ1n) is 10.6. The van der Waals surface area contributed by atoms with Crippen LogP contribution in [0.1, 0.15) is 13.3 Å². The predicted octanol–water partition coefficient (Wildman–Crippen LogP) is 3.25. The average molecular weight is 424 g/mol. The van der Waals surface area contributed by atoms with E-state index in [-0.39, 0.29) is 6.03 Å². The molecule has 2 amide bonds. The highest BCUT2D eigenvalue weighted by atomic mass is 19.1. The number of likely N-dealkylation sites (tertiary alicyclic amines) is 1. The van der Waals surface area contributed by atoms with E-state index in [0.29, 0.717) is 41.9 Å². The number of hydrogen-bond donors (Lipinski definition) is 1. The lowest BCUT2D eigenvalue weighted by atomic mass is 10.1. The van der Waals surface area contributed by atoms with Crippen LogP contribution < -0.4 is 10.2 Å². The van der Waals surface area contributed by atoms with Gasteiger partial charge in [-0.05, 0) is 36.6 Å². The molecule has 2 fully saturated rings. The normalized spacial score (nSPS) is 19.2. The second kappa shape index (κ2) is 8.14. The SMILES string of the molecule is C[C@@H]1CCN(C(=O)Nc2ccc(F)c(-c3ccn4c(N5CCOCC5)cnc4n3)c2)C1. The van der Waals surface area contributed by atoms with Crippen LogP contribution in [0.5, 0.6) is 0 Å². The van der Waals surface area contributed by atoms with Crippen molar-refractivity contribution in [1.82, 2.24) is 19.3 Å². The van der Waals surface area contributed by atoms with Crippen molar-refractivity contribution < 1.29 is 13.9 Å². The van der Waals surface area contributed by atoms with E-state index in [2.05, 4.69) is 27.1 Å². The second-order valence-electron chi connectivity index (χ2n) is 8.16. The van der Waals surface area contributed by atoms with Crippen LogP contribution in [0.25, 0.3) is 17.0 Å². The molecule has 162 valence electrons. The highest BCUT2D eigenvalue weighted by molar-refractivity contribution is 5.90. The molecule has 5 rings (SSSR count). The molecule has 9 heteroatoms. The Kier molecular flexibility index (Phi) is 5.19. The van der Waals surface area contributed by atoms with Crippen molar-refractivity contribution in [3.8, 4) is 11.3 Å².